The number of hydrogen-bond acceptors (Lipinski definition) is 5. The summed E-state index contributed by atoms with van der Waals surface area (Å²) in [6.07, 6.45) is 5.33. The maximum atomic E-state index is 8.40. The van der Waals surface area contributed by atoms with Crippen LogP contribution < -0.4 is 4.74 Å². The SMILES string of the molecule is ON=C(Cl)c1cnc(OCC2CC2)cn1. The van der Waals surface area contributed by atoms with E-state index in [0.717, 1.165) is 0 Å². The largest absolute Gasteiger partial charge is 0.476 e. The molecule has 0 amide bonds. The van der Waals surface area contributed by atoms with Crippen LogP contribution in [0.5, 0.6) is 5.88 Å². The Balaban J connectivity index is 1.96. The number of hydrogen-bond donors (Lipinski definition) is 1. The lowest BCUT2D eigenvalue weighted by atomic mass is 10.5. The molecule has 5 nitrogen and oxygen atoms in total. The van der Waals surface area contributed by atoms with Gasteiger partial charge in [0.1, 0.15) is 5.69 Å². The van der Waals surface area contributed by atoms with Gasteiger partial charge in [-0.3, -0.25) is 0 Å². The number of halogens is 1. The highest BCUT2D eigenvalue weighted by Crippen LogP contribution is 2.29. The van der Waals surface area contributed by atoms with Gasteiger partial charge in [-0.1, -0.05) is 16.8 Å². The molecule has 0 aliphatic heterocycles. The van der Waals surface area contributed by atoms with Crippen LogP contribution in [-0.4, -0.2) is 27.0 Å². The normalized spacial score (nSPS) is 16.5. The van der Waals surface area contributed by atoms with E-state index < -0.39 is 0 Å². The summed E-state index contributed by atoms with van der Waals surface area (Å²) in [6.45, 7) is 0.690. The molecule has 1 aromatic rings. The van der Waals surface area contributed by atoms with Gasteiger partial charge in [-0.05, 0) is 18.8 Å². The standard InChI is InChI=1S/C9H10ClN3O2/c10-9(13-14)7-3-12-8(4-11-7)15-5-6-1-2-6/h3-4,6,14H,1-2,5H2. The minimum Gasteiger partial charge on any atom is -0.476 e. The van der Waals surface area contributed by atoms with Gasteiger partial charge in [-0.2, -0.15) is 0 Å². The minimum atomic E-state index is -0.0868. The molecule has 80 valence electrons. The molecule has 0 aromatic carbocycles. The third kappa shape index (κ3) is 2.79. The Morgan fingerprint density at radius 1 is 1.53 bits per heavy atom. The first-order valence-electron chi connectivity index (χ1n) is 4.62. The van der Waals surface area contributed by atoms with E-state index in [1.54, 1.807) is 0 Å². The molecule has 1 aliphatic carbocycles. The zero-order chi connectivity index (χ0) is 10.7. The van der Waals surface area contributed by atoms with E-state index in [0.29, 0.717) is 24.1 Å². The minimum absolute atomic E-state index is 0.0868. The van der Waals surface area contributed by atoms with Gasteiger partial charge in [0.2, 0.25) is 5.88 Å². The fourth-order valence-electron chi connectivity index (χ4n) is 1.04. The Hall–Kier alpha value is -1.36. The highest BCUT2D eigenvalue weighted by atomic mass is 35.5. The van der Waals surface area contributed by atoms with Crippen LogP contribution in [0, 0.1) is 5.92 Å². The predicted octanol–water partition coefficient (Wildman–Crippen LogP) is 1.64. The van der Waals surface area contributed by atoms with Crippen LogP contribution in [0.3, 0.4) is 0 Å². The monoisotopic (exact) mass is 227 g/mol. The van der Waals surface area contributed by atoms with Gasteiger partial charge in [0.15, 0.2) is 5.17 Å². The Morgan fingerprint density at radius 2 is 2.33 bits per heavy atom. The van der Waals surface area contributed by atoms with Gasteiger partial charge < -0.3 is 9.94 Å². The van der Waals surface area contributed by atoms with Crippen molar-refractivity contribution in [1.82, 2.24) is 9.97 Å². The van der Waals surface area contributed by atoms with Crippen LogP contribution >= 0.6 is 11.6 Å². The van der Waals surface area contributed by atoms with Gasteiger partial charge in [-0.25, -0.2) is 9.97 Å². The maximum absolute atomic E-state index is 8.40. The van der Waals surface area contributed by atoms with Gasteiger partial charge in [0.05, 0.1) is 19.0 Å². The summed E-state index contributed by atoms with van der Waals surface area (Å²) >= 11 is 5.54. The number of nitrogens with zero attached hydrogens (tertiary/aromatic N) is 3. The van der Waals surface area contributed by atoms with Crippen LogP contribution in [0.4, 0.5) is 0 Å². The molecule has 1 aromatic heterocycles. The fraction of sp³-hybridized carbons (Fsp3) is 0.444. The molecule has 1 saturated carbocycles. The van der Waals surface area contributed by atoms with E-state index in [1.807, 2.05) is 0 Å². The van der Waals surface area contributed by atoms with Gasteiger partial charge in [0, 0.05) is 0 Å². The van der Waals surface area contributed by atoms with Gasteiger partial charge in [-0.15, -0.1) is 0 Å². The molecule has 0 radical (unpaired) electrons. The second-order valence-electron chi connectivity index (χ2n) is 3.39. The molecule has 15 heavy (non-hydrogen) atoms. The maximum Gasteiger partial charge on any atom is 0.232 e. The van der Waals surface area contributed by atoms with E-state index in [1.165, 1.54) is 25.2 Å². The first kappa shape index (κ1) is 10.2. The molecule has 1 N–H and O–H groups in total. The lowest BCUT2D eigenvalue weighted by Gasteiger charge is -2.03. The average Bonchev–Trinajstić information content (AvgIpc) is 3.10. The summed E-state index contributed by atoms with van der Waals surface area (Å²) in [5, 5.41) is 11.1. The first-order valence-corrected chi connectivity index (χ1v) is 5.00. The average molecular weight is 228 g/mol. The Morgan fingerprint density at radius 3 is 2.87 bits per heavy atom. The second-order valence-corrected chi connectivity index (χ2v) is 3.74. The molecule has 1 fully saturated rings. The van der Waals surface area contributed by atoms with Crippen molar-refractivity contribution < 1.29 is 9.94 Å². The fourth-order valence-corrected chi connectivity index (χ4v) is 1.13. The Bertz CT molecular complexity index is 362. The molecular weight excluding hydrogens is 218 g/mol. The Kier molecular flexibility index (Phi) is 3.01. The van der Waals surface area contributed by atoms with Crippen LogP contribution in [-0.2, 0) is 0 Å². The van der Waals surface area contributed by atoms with Crippen LogP contribution in [0.25, 0.3) is 0 Å². The third-order valence-electron chi connectivity index (χ3n) is 2.09. The van der Waals surface area contributed by atoms with Crippen LogP contribution in [0.15, 0.2) is 17.5 Å². The summed E-state index contributed by atoms with van der Waals surface area (Å²) < 4.78 is 5.38. The van der Waals surface area contributed by atoms with Crippen molar-refractivity contribution in [3.63, 3.8) is 0 Å². The molecule has 1 aliphatic rings. The molecule has 1 heterocycles. The van der Waals surface area contributed by atoms with Crippen LogP contribution in [0.2, 0.25) is 0 Å². The highest BCUT2D eigenvalue weighted by Gasteiger charge is 2.22. The molecule has 0 spiro atoms. The number of ether oxygens (including phenoxy) is 1. The third-order valence-corrected chi connectivity index (χ3v) is 2.36. The number of aromatic nitrogens is 2. The molecule has 0 saturated heterocycles. The molecule has 0 atom stereocenters. The summed E-state index contributed by atoms with van der Waals surface area (Å²) in [7, 11) is 0. The molecule has 0 bridgehead atoms. The van der Waals surface area contributed by atoms with Crippen molar-refractivity contribution in [1.29, 1.82) is 0 Å². The van der Waals surface area contributed by atoms with Crippen LogP contribution in [0.1, 0.15) is 18.5 Å². The number of rotatable bonds is 4. The van der Waals surface area contributed by atoms with Crippen molar-refractivity contribution in [2.24, 2.45) is 11.1 Å². The molecule has 6 heteroatoms. The van der Waals surface area contributed by atoms with Crippen molar-refractivity contribution in [3.8, 4) is 5.88 Å². The lowest BCUT2D eigenvalue weighted by molar-refractivity contribution is 0.287. The van der Waals surface area contributed by atoms with Crippen molar-refractivity contribution in [2.45, 2.75) is 12.8 Å². The quantitative estimate of drug-likeness (QED) is 0.482. The van der Waals surface area contributed by atoms with Crippen molar-refractivity contribution >= 4 is 16.8 Å². The molecular formula is C9H10ClN3O2. The van der Waals surface area contributed by atoms with Crippen molar-refractivity contribution in [3.05, 3.63) is 18.1 Å². The van der Waals surface area contributed by atoms with Crippen molar-refractivity contribution in [2.75, 3.05) is 6.61 Å². The second kappa shape index (κ2) is 4.44. The highest BCUT2D eigenvalue weighted by molar-refractivity contribution is 6.69. The van der Waals surface area contributed by atoms with E-state index in [9.17, 15) is 0 Å². The topological polar surface area (TPSA) is 67.6 Å². The lowest BCUT2D eigenvalue weighted by Crippen LogP contribution is -2.03. The first-order chi connectivity index (χ1) is 7.29. The van der Waals surface area contributed by atoms with E-state index in [4.69, 9.17) is 21.5 Å². The van der Waals surface area contributed by atoms with Gasteiger partial charge >= 0.3 is 0 Å². The predicted molar refractivity (Wildman–Crippen MR) is 54.4 cm³/mol. The number of oxime groups is 1. The summed E-state index contributed by atoms with van der Waals surface area (Å²) in [5.41, 5.74) is 0.318. The summed E-state index contributed by atoms with van der Waals surface area (Å²) in [4.78, 5) is 7.92. The molecule has 0 unspecified atom stereocenters. The van der Waals surface area contributed by atoms with Gasteiger partial charge in [0.25, 0.3) is 0 Å². The van der Waals surface area contributed by atoms with E-state index in [2.05, 4.69) is 15.1 Å². The van der Waals surface area contributed by atoms with E-state index >= 15 is 0 Å². The zero-order valence-electron chi connectivity index (χ0n) is 7.93. The van der Waals surface area contributed by atoms with E-state index in [-0.39, 0.29) is 5.17 Å². The summed E-state index contributed by atoms with van der Waals surface area (Å²) in [5.74, 6) is 1.14. The smallest absolute Gasteiger partial charge is 0.232 e. The zero-order valence-corrected chi connectivity index (χ0v) is 8.68. The summed E-state index contributed by atoms with van der Waals surface area (Å²) in [6, 6.07) is 0. The Labute approximate surface area is 91.7 Å². The molecule has 2 rings (SSSR count).